The number of rotatable bonds is 7. The lowest BCUT2D eigenvalue weighted by molar-refractivity contribution is -0.122. The molecule has 0 aliphatic rings. The molecule has 0 saturated carbocycles. The number of benzene rings is 1. The summed E-state index contributed by atoms with van der Waals surface area (Å²) in [5.41, 5.74) is 2.94. The van der Waals surface area contributed by atoms with E-state index in [9.17, 15) is 4.79 Å². The molecule has 0 radical (unpaired) electrons. The first-order chi connectivity index (χ1) is 13.0. The van der Waals surface area contributed by atoms with E-state index in [1.54, 1.807) is 10.9 Å². The van der Waals surface area contributed by atoms with Crippen LogP contribution in [0.1, 0.15) is 37.9 Å². The molecule has 7 heteroatoms. The number of nitrogens with zero attached hydrogens (tertiary/aromatic N) is 5. The van der Waals surface area contributed by atoms with Gasteiger partial charge in [-0.15, -0.1) is 0 Å². The van der Waals surface area contributed by atoms with E-state index in [4.69, 9.17) is 0 Å². The van der Waals surface area contributed by atoms with Gasteiger partial charge in [0.05, 0.1) is 17.6 Å². The molecule has 142 valence electrons. The lowest BCUT2D eigenvalue weighted by Crippen LogP contribution is -2.30. The molecule has 2 heterocycles. The van der Waals surface area contributed by atoms with Crippen LogP contribution in [0.2, 0.25) is 0 Å². The Morgan fingerprint density at radius 1 is 1.19 bits per heavy atom. The maximum atomic E-state index is 12.5. The Morgan fingerprint density at radius 2 is 1.89 bits per heavy atom. The Kier molecular flexibility index (Phi) is 5.69. The van der Waals surface area contributed by atoms with E-state index in [2.05, 4.69) is 39.1 Å². The Balaban J connectivity index is 1.75. The quantitative estimate of drug-likeness (QED) is 0.696. The molecule has 0 fully saturated rings. The van der Waals surface area contributed by atoms with Gasteiger partial charge >= 0.3 is 0 Å². The fourth-order valence-electron chi connectivity index (χ4n) is 3.13. The maximum Gasteiger partial charge on any atom is 0.242 e. The van der Waals surface area contributed by atoms with Crippen LogP contribution >= 0.6 is 0 Å². The lowest BCUT2D eigenvalue weighted by atomic mass is 10.1. The molecule has 0 spiro atoms. The minimum atomic E-state index is -0.101. The Morgan fingerprint density at radius 3 is 2.56 bits per heavy atom. The number of hydrogen-bond donors (Lipinski definition) is 1. The van der Waals surface area contributed by atoms with Crippen LogP contribution in [-0.4, -0.2) is 38.7 Å². The standard InChI is InChI=1S/C20H26N6O/c1-5-25(6-2)19-17-11-23-26(20(17)22-13-21-19)12-18(27)24-15(4)16-9-7-14(3)8-10-16/h7-11,13,15H,5-6,12H2,1-4H3,(H,24,27)/t15-/m1/s1. The predicted octanol–water partition coefficient (Wildman–Crippen LogP) is 2.86. The largest absolute Gasteiger partial charge is 0.356 e. The molecular weight excluding hydrogens is 340 g/mol. The average Bonchev–Trinajstić information content (AvgIpc) is 3.07. The lowest BCUT2D eigenvalue weighted by Gasteiger charge is -2.19. The molecule has 3 rings (SSSR count). The average molecular weight is 366 g/mol. The molecule has 1 atom stereocenters. The van der Waals surface area contributed by atoms with Crippen molar-refractivity contribution in [2.24, 2.45) is 0 Å². The topological polar surface area (TPSA) is 75.9 Å². The molecule has 1 N–H and O–H groups in total. The van der Waals surface area contributed by atoms with Gasteiger partial charge in [0, 0.05) is 13.1 Å². The molecule has 0 aliphatic heterocycles. The van der Waals surface area contributed by atoms with Crippen molar-refractivity contribution in [1.29, 1.82) is 0 Å². The van der Waals surface area contributed by atoms with E-state index in [0.717, 1.165) is 29.9 Å². The molecular formula is C20H26N6O. The van der Waals surface area contributed by atoms with Gasteiger partial charge in [-0.25, -0.2) is 14.6 Å². The highest BCUT2D eigenvalue weighted by molar-refractivity contribution is 5.87. The van der Waals surface area contributed by atoms with Gasteiger partial charge in [-0.2, -0.15) is 5.10 Å². The van der Waals surface area contributed by atoms with E-state index in [1.165, 1.54) is 11.9 Å². The first kappa shape index (κ1) is 18.8. The van der Waals surface area contributed by atoms with Crippen molar-refractivity contribution >= 4 is 22.8 Å². The van der Waals surface area contributed by atoms with Crippen LogP contribution in [-0.2, 0) is 11.3 Å². The van der Waals surface area contributed by atoms with Crippen molar-refractivity contribution in [2.75, 3.05) is 18.0 Å². The maximum absolute atomic E-state index is 12.5. The third-order valence-corrected chi connectivity index (χ3v) is 4.72. The smallest absolute Gasteiger partial charge is 0.242 e. The van der Waals surface area contributed by atoms with Crippen LogP contribution in [0.15, 0.2) is 36.8 Å². The molecule has 0 aliphatic carbocycles. The highest BCUT2D eigenvalue weighted by Crippen LogP contribution is 2.22. The van der Waals surface area contributed by atoms with Crippen molar-refractivity contribution in [3.8, 4) is 0 Å². The zero-order valence-electron chi connectivity index (χ0n) is 16.3. The number of hydrogen-bond acceptors (Lipinski definition) is 5. The zero-order valence-corrected chi connectivity index (χ0v) is 16.3. The van der Waals surface area contributed by atoms with Gasteiger partial charge in [-0.1, -0.05) is 29.8 Å². The zero-order chi connectivity index (χ0) is 19.4. The van der Waals surface area contributed by atoms with E-state index in [1.807, 2.05) is 38.1 Å². The van der Waals surface area contributed by atoms with Gasteiger partial charge in [-0.3, -0.25) is 4.79 Å². The minimum Gasteiger partial charge on any atom is -0.356 e. The predicted molar refractivity (Wildman–Crippen MR) is 107 cm³/mol. The summed E-state index contributed by atoms with van der Waals surface area (Å²) in [6, 6.07) is 8.09. The second-order valence-electron chi connectivity index (χ2n) is 6.61. The van der Waals surface area contributed by atoms with Gasteiger partial charge in [0.15, 0.2) is 5.65 Å². The van der Waals surface area contributed by atoms with E-state index >= 15 is 0 Å². The van der Waals surface area contributed by atoms with Crippen LogP contribution in [0.4, 0.5) is 5.82 Å². The van der Waals surface area contributed by atoms with Crippen LogP contribution in [0.3, 0.4) is 0 Å². The van der Waals surface area contributed by atoms with Gasteiger partial charge in [0.25, 0.3) is 0 Å². The number of aromatic nitrogens is 4. The number of fused-ring (bicyclic) bond motifs is 1. The summed E-state index contributed by atoms with van der Waals surface area (Å²) in [5.74, 6) is 0.751. The highest BCUT2D eigenvalue weighted by atomic mass is 16.2. The minimum absolute atomic E-state index is 0.0687. The molecule has 0 unspecified atom stereocenters. The van der Waals surface area contributed by atoms with Crippen LogP contribution in [0.25, 0.3) is 11.0 Å². The number of aryl methyl sites for hydroxylation is 1. The molecule has 1 aromatic carbocycles. The number of nitrogens with one attached hydrogen (secondary N) is 1. The van der Waals surface area contributed by atoms with Crippen molar-refractivity contribution < 1.29 is 4.79 Å². The first-order valence-electron chi connectivity index (χ1n) is 9.30. The van der Waals surface area contributed by atoms with Gasteiger partial charge in [-0.05, 0) is 33.3 Å². The Labute approximate surface area is 159 Å². The second kappa shape index (κ2) is 8.16. The van der Waals surface area contributed by atoms with Crippen LogP contribution in [0, 0.1) is 6.92 Å². The summed E-state index contributed by atoms with van der Waals surface area (Å²) in [5, 5.41) is 8.25. The summed E-state index contributed by atoms with van der Waals surface area (Å²) in [6.45, 7) is 10.0. The Bertz CT molecular complexity index is 914. The van der Waals surface area contributed by atoms with Gasteiger partial charge in [0.2, 0.25) is 5.91 Å². The number of anilines is 1. The normalized spacial score (nSPS) is 12.1. The van der Waals surface area contributed by atoms with Crippen LogP contribution < -0.4 is 10.2 Å². The second-order valence-corrected chi connectivity index (χ2v) is 6.61. The first-order valence-corrected chi connectivity index (χ1v) is 9.30. The number of carbonyl (C=O) groups excluding carboxylic acids is 1. The van der Waals surface area contributed by atoms with Crippen molar-refractivity contribution in [1.82, 2.24) is 25.1 Å². The molecule has 3 aromatic rings. The van der Waals surface area contributed by atoms with Crippen molar-refractivity contribution in [2.45, 2.75) is 40.3 Å². The monoisotopic (exact) mass is 366 g/mol. The summed E-state index contributed by atoms with van der Waals surface area (Å²) < 4.78 is 1.63. The van der Waals surface area contributed by atoms with Gasteiger partial charge < -0.3 is 10.2 Å². The summed E-state index contributed by atoms with van der Waals surface area (Å²) in [7, 11) is 0. The van der Waals surface area contributed by atoms with E-state index in [0.29, 0.717) is 5.65 Å². The molecule has 0 bridgehead atoms. The third kappa shape index (κ3) is 4.07. The molecule has 27 heavy (non-hydrogen) atoms. The van der Waals surface area contributed by atoms with E-state index < -0.39 is 0 Å². The molecule has 7 nitrogen and oxygen atoms in total. The van der Waals surface area contributed by atoms with E-state index in [-0.39, 0.29) is 18.5 Å². The molecule has 0 saturated heterocycles. The summed E-state index contributed by atoms with van der Waals surface area (Å²) in [6.07, 6.45) is 3.26. The molecule has 2 aromatic heterocycles. The van der Waals surface area contributed by atoms with Crippen molar-refractivity contribution in [3.05, 3.63) is 47.9 Å². The van der Waals surface area contributed by atoms with Gasteiger partial charge in [0.1, 0.15) is 18.7 Å². The number of carbonyl (C=O) groups is 1. The summed E-state index contributed by atoms with van der Waals surface area (Å²) >= 11 is 0. The fourth-order valence-corrected chi connectivity index (χ4v) is 3.13. The highest BCUT2D eigenvalue weighted by Gasteiger charge is 2.16. The fraction of sp³-hybridized carbons (Fsp3) is 0.400. The van der Waals surface area contributed by atoms with Crippen molar-refractivity contribution in [3.63, 3.8) is 0 Å². The SMILES string of the molecule is CCN(CC)c1ncnc2c1cnn2CC(=O)N[C@H](C)c1ccc(C)cc1. The Hall–Kier alpha value is -2.96. The van der Waals surface area contributed by atoms with Crippen LogP contribution in [0.5, 0.6) is 0 Å². The summed E-state index contributed by atoms with van der Waals surface area (Å²) in [4.78, 5) is 23.4. The molecule has 1 amide bonds. The third-order valence-electron chi connectivity index (χ3n) is 4.72. The number of amides is 1.